The maximum Gasteiger partial charge on any atom is 0.333 e. The van der Waals surface area contributed by atoms with Gasteiger partial charge in [-0.25, -0.2) is 4.79 Å². The number of carbonyl (C=O) groups is 1. The first kappa shape index (κ1) is 16.1. The monoisotopic (exact) mass is 244 g/mol. The molecular formula is C13H24O4. The summed E-state index contributed by atoms with van der Waals surface area (Å²) >= 11 is 0. The van der Waals surface area contributed by atoms with Crippen molar-refractivity contribution < 1.29 is 19.7 Å². The molecule has 0 saturated heterocycles. The molecule has 4 heteroatoms. The molecule has 17 heavy (non-hydrogen) atoms. The number of aliphatic hydroxyl groups is 2. The molecule has 1 atom stereocenters. The minimum Gasteiger partial charge on any atom is -0.462 e. The van der Waals surface area contributed by atoms with E-state index in [9.17, 15) is 9.90 Å². The Labute approximate surface area is 103 Å². The lowest BCUT2D eigenvalue weighted by molar-refractivity contribution is -0.139. The molecule has 0 heterocycles. The molecule has 4 nitrogen and oxygen atoms in total. The molecular weight excluding hydrogens is 220 g/mol. The van der Waals surface area contributed by atoms with Crippen molar-refractivity contribution in [3.63, 3.8) is 0 Å². The number of esters is 1. The van der Waals surface area contributed by atoms with Gasteiger partial charge in [-0.1, -0.05) is 26.2 Å². The largest absolute Gasteiger partial charge is 0.462 e. The van der Waals surface area contributed by atoms with Crippen molar-refractivity contribution in [2.75, 3.05) is 13.2 Å². The summed E-state index contributed by atoms with van der Waals surface area (Å²) in [4.78, 5) is 11.5. The zero-order valence-corrected chi connectivity index (χ0v) is 10.8. The van der Waals surface area contributed by atoms with Crippen molar-refractivity contribution in [3.8, 4) is 0 Å². The molecule has 0 aliphatic carbocycles. The van der Waals surface area contributed by atoms with Gasteiger partial charge < -0.3 is 14.9 Å². The van der Waals surface area contributed by atoms with E-state index in [-0.39, 0.29) is 13.0 Å². The van der Waals surface area contributed by atoms with Crippen LogP contribution in [0.1, 0.15) is 46.0 Å². The van der Waals surface area contributed by atoms with Crippen LogP contribution in [0.3, 0.4) is 0 Å². The fourth-order valence-corrected chi connectivity index (χ4v) is 1.38. The molecule has 0 aliphatic heterocycles. The molecule has 2 N–H and O–H groups in total. The van der Waals surface area contributed by atoms with E-state index in [1.807, 2.05) is 0 Å². The molecule has 100 valence electrons. The van der Waals surface area contributed by atoms with E-state index >= 15 is 0 Å². The summed E-state index contributed by atoms with van der Waals surface area (Å²) in [7, 11) is 0. The second-order valence-electron chi connectivity index (χ2n) is 4.13. The van der Waals surface area contributed by atoms with Crippen molar-refractivity contribution in [1.29, 1.82) is 0 Å². The van der Waals surface area contributed by atoms with Crippen molar-refractivity contribution in [3.05, 3.63) is 11.6 Å². The van der Waals surface area contributed by atoms with Gasteiger partial charge in [-0.2, -0.15) is 0 Å². The molecule has 0 aromatic heterocycles. The molecule has 0 saturated carbocycles. The van der Waals surface area contributed by atoms with Crippen molar-refractivity contribution in [2.45, 2.75) is 52.1 Å². The maximum absolute atomic E-state index is 11.5. The van der Waals surface area contributed by atoms with Crippen LogP contribution in [0.15, 0.2) is 11.6 Å². The number of aliphatic hydroxyl groups excluding tert-OH is 2. The summed E-state index contributed by atoms with van der Waals surface area (Å²) in [5.41, 5.74) is 0.390. The van der Waals surface area contributed by atoms with Crippen molar-refractivity contribution in [1.82, 2.24) is 0 Å². The van der Waals surface area contributed by atoms with Crippen LogP contribution in [0.4, 0.5) is 0 Å². The van der Waals surface area contributed by atoms with Crippen LogP contribution in [0.5, 0.6) is 0 Å². The summed E-state index contributed by atoms with van der Waals surface area (Å²) in [6, 6.07) is 0. The molecule has 0 spiro atoms. The second kappa shape index (κ2) is 10.3. The number of carbonyl (C=O) groups excluding carboxylic acids is 1. The smallest absolute Gasteiger partial charge is 0.333 e. The molecule has 0 rings (SSSR count). The first-order chi connectivity index (χ1) is 8.11. The van der Waals surface area contributed by atoms with Gasteiger partial charge in [-0.05, 0) is 19.4 Å². The van der Waals surface area contributed by atoms with E-state index in [2.05, 4.69) is 6.92 Å². The van der Waals surface area contributed by atoms with Crippen LogP contribution >= 0.6 is 0 Å². The van der Waals surface area contributed by atoms with E-state index in [1.165, 1.54) is 6.08 Å². The van der Waals surface area contributed by atoms with Crippen LogP contribution in [0, 0.1) is 0 Å². The Morgan fingerprint density at radius 3 is 2.65 bits per heavy atom. The van der Waals surface area contributed by atoms with E-state index < -0.39 is 12.1 Å². The van der Waals surface area contributed by atoms with E-state index in [0.717, 1.165) is 25.7 Å². The number of ether oxygens (including phenoxy) is 1. The van der Waals surface area contributed by atoms with E-state index in [1.54, 1.807) is 6.92 Å². The average molecular weight is 244 g/mol. The molecule has 1 unspecified atom stereocenters. The van der Waals surface area contributed by atoms with Gasteiger partial charge in [0, 0.05) is 18.6 Å². The molecule has 0 fully saturated rings. The van der Waals surface area contributed by atoms with Gasteiger partial charge >= 0.3 is 5.97 Å². The SMILES string of the molecule is CCCCCCOC(=O)C(C)=CC(O)CCO. The number of hydrogen-bond donors (Lipinski definition) is 2. The number of hydrogen-bond acceptors (Lipinski definition) is 4. The van der Waals surface area contributed by atoms with Gasteiger partial charge in [0.25, 0.3) is 0 Å². The van der Waals surface area contributed by atoms with Gasteiger partial charge in [0.15, 0.2) is 0 Å². The van der Waals surface area contributed by atoms with Crippen molar-refractivity contribution in [2.24, 2.45) is 0 Å². The predicted molar refractivity (Wildman–Crippen MR) is 66.6 cm³/mol. The summed E-state index contributed by atoms with van der Waals surface area (Å²) in [5.74, 6) is -0.390. The molecule has 0 aromatic rings. The third kappa shape index (κ3) is 8.89. The van der Waals surface area contributed by atoms with Crippen molar-refractivity contribution >= 4 is 5.97 Å². The van der Waals surface area contributed by atoms with E-state index in [0.29, 0.717) is 12.2 Å². The lowest BCUT2D eigenvalue weighted by Gasteiger charge is -2.07. The minimum absolute atomic E-state index is 0.100. The minimum atomic E-state index is -0.785. The lowest BCUT2D eigenvalue weighted by atomic mass is 10.2. The first-order valence-corrected chi connectivity index (χ1v) is 6.26. The summed E-state index contributed by atoms with van der Waals surface area (Å²) in [6.45, 7) is 4.06. The van der Waals surface area contributed by atoms with Crippen LogP contribution in [-0.4, -0.2) is 35.5 Å². The Bertz CT molecular complexity index is 236. The second-order valence-corrected chi connectivity index (χ2v) is 4.13. The molecule has 0 bridgehead atoms. The zero-order valence-electron chi connectivity index (χ0n) is 10.8. The molecule has 0 aromatic carbocycles. The van der Waals surface area contributed by atoms with Gasteiger partial charge in [0.05, 0.1) is 12.7 Å². The Morgan fingerprint density at radius 1 is 1.35 bits per heavy atom. The highest BCUT2D eigenvalue weighted by atomic mass is 16.5. The fourth-order valence-electron chi connectivity index (χ4n) is 1.38. The highest BCUT2D eigenvalue weighted by Crippen LogP contribution is 2.04. The van der Waals surface area contributed by atoms with E-state index in [4.69, 9.17) is 9.84 Å². The Balaban J connectivity index is 3.81. The number of rotatable bonds is 9. The Morgan fingerprint density at radius 2 is 2.06 bits per heavy atom. The average Bonchev–Trinajstić information content (AvgIpc) is 2.28. The standard InChI is InChI=1S/C13H24O4/c1-3-4-5-6-9-17-13(16)11(2)10-12(15)7-8-14/h10,12,14-15H,3-9H2,1-2H3. The molecule has 0 radical (unpaired) electrons. The predicted octanol–water partition coefficient (Wildman–Crippen LogP) is 1.80. The summed E-state index contributed by atoms with van der Waals surface area (Å²) in [5, 5.41) is 18.0. The van der Waals surface area contributed by atoms with Crippen LogP contribution in [0.25, 0.3) is 0 Å². The summed E-state index contributed by atoms with van der Waals surface area (Å²) in [6.07, 6.45) is 5.13. The Hall–Kier alpha value is -0.870. The van der Waals surface area contributed by atoms with Crippen LogP contribution in [0.2, 0.25) is 0 Å². The topological polar surface area (TPSA) is 66.8 Å². The van der Waals surface area contributed by atoms with Gasteiger partial charge in [-0.15, -0.1) is 0 Å². The highest BCUT2D eigenvalue weighted by molar-refractivity contribution is 5.87. The van der Waals surface area contributed by atoms with Gasteiger partial charge in [0.1, 0.15) is 0 Å². The highest BCUT2D eigenvalue weighted by Gasteiger charge is 2.08. The summed E-state index contributed by atoms with van der Waals surface area (Å²) < 4.78 is 5.05. The third-order valence-corrected chi connectivity index (χ3v) is 2.42. The molecule has 0 amide bonds. The maximum atomic E-state index is 11.5. The molecule has 0 aliphatic rings. The Kier molecular flexibility index (Phi) is 9.77. The lowest BCUT2D eigenvalue weighted by Crippen LogP contribution is -2.11. The number of unbranched alkanes of at least 4 members (excludes halogenated alkanes) is 3. The first-order valence-electron chi connectivity index (χ1n) is 6.26. The van der Waals surface area contributed by atoms with Crippen LogP contribution < -0.4 is 0 Å². The quantitative estimate of drug-likeness (QED) is 0.369. The van der Waals surface area contributed by atoms with Gasteiger partial charge in [-0.3, -0.25) is 0 Å². The third-order valence-electron chi connectivity index (χ3n) is 2.42. The van der Waals surface area contributed by atoms with Crippen LogP contribution in [-0.2, 0) is 9.53 Å². The normalized spacial score (nSPS) is 13.5. The van der Waals surface area contributed by atoms with Gasteiger partial charge in [0.2, 0.25) is 0 Å². The zero-order chi connectivity index (χ0) is 13.1. The fraction of sp³-hybridized carbons (Fsp3) is 0.769.